The van der Waals surface area contributed by atoms with E-state index in [0.29, 0.717) is 35.7 Å². The van der Waals surface area contributed by atoms with Crippen LogP contribution in [0.5, 0.6) is 0 Å². The highest BCUT2D eigenvalue weighted by molar-refractivity contribution is 6.30. The second kappa shape index (κ2) is 9.14. The minimum atomic E-state index is -0.136. The van der Waals surface area contributed by atoms with Crippen LogP contribution in [0, 0.1) is 6.92 Å². The van der Waals surface area contributed by atoms with Gasteiger partial charge in [-0.2, -0.15) is 5.10 Å². The average Bonchev–Trinajstić information content (AvgIpc) is 3.17. The topological polar surface area (TPSA) is 81.8 Å². The summed E-state index contributed by atoms with van der Waals surface area (Å²) in [5.41, 5.74) is 3.47. The van der Waals surface area contributed by atoms with E-state index in [4.69, 9.17) is 11.6 Å². The molecule has 2 aromatic carbocycles. The fourth-order valence-electron chi connectivity index (χ4n) is 3.32. The van der Waals surface area contributed by atoms with Crippen molar-refractivity contribution in [2.45, 2.75) is 26.4 Å². The highest BCUT2D eigenvalue weighted by atomic mass is 35.5. The van der Waals surface area contributed by atoms with Crippen LogP contribution in [0.15, 0.2) is 65.8 Å². The molecular weight excluding hydrogens is 414 g/mol. The van der Waals surface area contributed by atoms with Crippen molar-refractivity contribution in [3.8, 4) is 0 Å². The van der Waals surface area contributed by atoms with E-state index < -0.39 is 0 Å². The van der Waals surface area contributed by atoms with Crippen molar-refractivity contribution in [3.05, 3.63) is 93.1 Å². The Morgan fingerprint density at radius 3 is 2.52 bits per heavy atom. The number of hydrogen-bond acceptors (Lipinski definition) is 4. The minimum absolute atomic E-state index is 0.0906. The maximum Gasteiger partial charge on any atom is 0.264 e. The van der Waals surface area contributed by atoms with E-state index in [9.17, 15) is 9.59 Å². The normalized spacial score (nSPS) is 11.0. The molecule has 0 atom stereocenters. The molecule has 4 aromatic rings. The Labute approximate surface area is 184 Å². The van der Waals surface area contributed by atoms with Gasteiger partial charge in [-0.25, -0.2) is 9.67 Å². The SMILES string of the molecule is Cc1ccc(Cn2cnc3c(cnn3CCNC(=O)Cc3ccc(Cl)cc3)c2=O)cc1. The molecular formula is C23H22ClN5O2. The largest absolute Gasteiger partial charge is 0.354 e. The summed E-state index contributed by atoms with van der Waals surface area (Å²) in [6.07, 6.45) is 3.35. The standard InChI is InChI=1S/C23H22ClN5O2/c1-16-2-4-18(5-3-16)14-28-15-26-22-20(23(28)31)13-27-29(22)11-10-25-21(30)12-17-6-8-19(24)9-7-17/h2-9,13,15H,10-12,14H2,1H3,(H,25,30). The van der Waals surface area contributed by atoms with Crippen LogP contribution in [0.25, 0.3) is 11.0 Å². The minimum Gasteiger partial charge on any atom is -0.354 e. The number of nitrogens with zero attached hydrogens (tertiary/aromatic N) is 4. The molecule has 7 nitrogen and oxygen atoms in total. The van der Waals surface area contributed by atoms with Crippen molar-refractivity contribution >= 4 is 28.5 Å². The van der Waals surface area contributed by atoms with Crippen molar-refractivity contribution in [3.63, 3.8) is 0 Å². The third-order valence-electron chi connectivity index (χ3n) is 5.02. The molecule has 0 spiro atoms. The molecule has 0 aliphatic rings. The Bertz CT molecular complexity index is 1260. The quantitative estimate of drug-likeness (QED) is 0.484. The number of carbonyl (C=O) groups is 1. The second-order valence-corrected chi connectivity index (χ2v) is 7.86. The first-order valence-electron chi connectivity index (χ1n) is 9.97. The van der Waals surface area contributed by atoms with Crippen LogP contribution in [0.4, 0.5) is 0 Å². The summed E-state index contributed by atoms with van der Waals surface area (Å²) in [5, 5.41) is 8.25. The lowest BCUT2D eigenvalue weighted by Gasteiger charge is -2.08. The van der Waals surface area contributed by atoms with Crippen LogP contribution >= 0.6 is 11.6 Å². The van der Waals surface area contributed by atoms with Crippen LogP contribution in [0.3, 0.4) is 0 Å². The van der Waals surface area contributed by atoms with E-state index in [2.05, 4.69) is 15.4 Å². The number of aryl methyl sites for hydroxylation is 1. The predicted octanol–water partition coefficient (Wildman–Crippen LogP) is 2.96. The highest BCUT2D eigenvalue weighted by Gasteiger charge is 2.11. The van der Waals surface area contributed by atoms with Gasteiger partial charge in [0, 0.05) is 11.6 Å². The van der Waals surface area contributed by atoms with Gasteiger partial charge in [-0.05, 0) is 30.2 Å². The zero-order valence-electron chi connectivity index (χ0n) is 17.1. The smallest absolute Gasteiger partial charge is 0.264 e. The summed E-state index contributed by atoms with van der Waals surface area (Å²) >= 11 is 5.86. The Kier molecular flexibility index (Phi) is 6.13. The van der Waals surface area contributed by atoms with Crippen molar-refractivity contribution in [2.24, 2.45) is 0 Å². The van der Waals surface area contributed by atoms with Gasteiger partial charge in [-0.15, -0.1) is 0 Å². The van der Waals surface area contributed by atoms with Gasteiger partial charge in [0.1, 0.15) is 11.7 Å². The highest BCUT2D eigenvalue weighted by Crippen LogP contribution is 2.10. The number of amides is 1. The van der Waals surface area contributed by atoms with Crippen molar-refractivity contribution in [1.29, 1.82) is 0 Å². The zero-order valence-corrected chi connectivity index (χ0v) is 17.8. The molecule has 0 unspecified atom stereocenters. The number of hydrogen-bond donors (Lipinski definition) is 1. The van der Waals surface area contributed by atoms with E-state index in [1.54, 1.807) is 27.7 Å². The molecule has 158 valence electrons. The van der Waals surface area contributed by atoms with Gasteiger partial charge < -0.3 is 5.32 Å². The second-order valence-electron chi connectivity index (χ2n) is 7.42. The van der Waals surface area contributed by atoms with Gasteiger partial charge in [0.15, 0.2) is 5.65 Å². The maximum absolute atomic E-state index is 12.8. The van der Waals surface area contributed by atoms with Crippen LogP contribution in [-0.4, -0.2) is 31.8 Å². The van der Waals surface area contributed by atoms with E-state index in [0.717, 1.165) is 11.1 Å². The number of halogens is 1. The zero-order chi connectivity index (χ0) is 21.8. The summed E-state index contributed by atoms with van der Waals surface area (Å²) in [5.74, 6) is -0.0906. The molecule has 0 bridgehead atoms. The molecule has 1 amide bonds. The lowest BCUT2D eigenvalue weighted by atomic mass is 10.1. The molecule has 0 saturated carbocycles. The molecule has 0 saturated heterocycles. The van der Waals surface area contributed by atoms with E-state index in [1.807, 2.05) is 43.3 Å². The van der Waals surface area contributed by atoms with E-state index in [1.165, 1.54) is 11.8 Å². The first-order valence-corrected chi connectivity index (χ1v) is 10.3. The number of rotatable bonds is 7. The van der Waals surface area contributed by atoms with Gasteiger partial charge >= 0.3 is 0 Å². The van der Waals surface area contributed by atoms with E-state index >= 15 is 0 Å². The van der Waals surface area contributed by atoms with Crippen LogP contribution < -0.4 is 10.9 Å². The molecule has 2 heterocycles. The van der Waals surface area contributed by atoms with Gasteiger partial charge in [-0.1, -0.05) is 53.6 Å². The Balaban J connectivity index is 1.39. The van der Waals surface area contributed by atoms with Crippen molar-refractivity contribution < 1.29 is 4.79 Å². The van der Waals surface area contributed by atoms with E-state index in [-0.39, 0.29) is 17.9 Å². The van der Waals surface area contributed by atoms with Crippen LogP contribution in [0.1, 0.15) is 16.7 Å². The third-order valence-corrected chi connectivity index (χ3v) is 5.27. The Morgan fingerprint density at radius 1 is 1.06 bits per heavy atom. The van der Waals surface area contributed by atoms with Gasteiger partial charge in [0.05, 0.1) is 25.7 Å². The first-order chi connectivity index (χ1) is 15.0. The Morgan fingerprint density at radius 2 is 1.77 bits per heavy atom. The molecule has 0 aliphatic heterocycles. The van der Waals surface area contributed by atoms with Gasteiger partial charge in [-0.3, -0.25) is 14.2 Å². The number of aromatic nitrogens is 4. The van der Waals surface area contributed by atoms with Crippen molar-refractivity contribution in [2.75, 3.05) is 6.54 Å². The lowest BCUT2D eigenvalue weighted by Crippen LogP contribution is -2.29. The molecule has 1 N–H and O–H groups in total. The number of nitrogens with one attached hydrogen (secondary N) is 1. The van der Waals surface area contributed by atoms with Gasteiger partial charge in [0.2, 0.25) is 5.91 Å². The lowest BCUT2D eigenvalue weighted by molar-refractivity contribution is -0.120. The fraction of sp³-hybridized carbons (Fsp3) is 0.217. The molecule has 8 heteroatoms. The maximum atomic E-state index is 12.8. The molecule has 2 aromatic heterocycles. The molecule has 0 aliphatic carbocycles. The fourth-order valence-corrected chi connectivity index (χ4v) is 3.44. The first kappa shape index (κ1) is 20.8. The van der Waals surface area contributed by atoms with Crippen molar-refractivity contribution in [1.82, 2.24) is 24.6 Å². The predicted molar refractivity (Wildman–Crippen MR) is 120 cm³/mol. The molecule has 31 heavy (non-hydrogen) atoms. The summed E-state index contributed by atoms with van der Waals surface area (Å²) in [7, 11) is 0. The monoisotopic (exact) mass is 435 g/mol. The molecule has 0 radical (unpaired) electrons. The molecule has 4 rings (SSSR count). The Hall–Kier alpha value is -3.45. The van der Waals surface area contributed by atoms with Gasteiger partial charge in [0.25, 0.3) is 5.56 Å². The summed E-state index contributed by atoms with van der Waals surface area (Å²) in [4.78, 5) is 29.4. The van der Waals surface area contributed by atoms with Crippen LogP contribution in [0.2, 0.25) is 5.02 Å². The number of benzene rings is 2. The third kappa shape index (κ3) is 5.00. The number of fused-ring (bicyclic) bond motifs is 1. The molecule has 0 fully saturated rings. The van der Waals surface area contributed by atoms with Crippen LogP contribution in [-0.2, 0) is 24.3 Å². The average molecular weight is 436 g/mol. The summed E-state index contributed by atoms with van der Waals surface area (Å²) in [6, 6.07) is 15.2. The number of carbonyl (C=O) groups excluding carboxylic acids is 1. The summed E-state index contributed by atoms with van der Waals surface area (Å²) < 4.78 is 3.21. The summed E-state index contributed by atoms with van der Waals surface area (Å²) in [6.45, 7) is 3.29.